The molecule has 2 rings (SSSR count). The molecule has 0 aliphatic carbocycles. The van der Waals surface area contributed by atoms with Crippen molar-refractivity contribution < 1.29 is 4.73 Å². The maximum Gasteiger partial charge on any atom is 0.261 e. The first-order chi connectivity index (χ1) is 5.68. The number of hydrogen-bond donors (Lipinski definition) is 0. The molecule has 0 spiro atoms. The van der Waals surface area contributed by atoms with Gasteiger partial charge in [-0.3, -0.25) is 0 Å². The summed E-state index contributed by atoms with van der Waals surface area (Å²) in [7, 11) is 2.48. The molecule has 0 radical (unpaired) electrons. The fourth-order valence-electron chi connectivity index (χ4n) is 1.15. The Bertz CT molecular complexity index is 437. The van der Waals surface area contributed by atoms with Gasteiger partial charge in [0.25, 0.3) is 5.52 Å². The van der Waals surface area contributed by atoms with E-state index in [1.807, 2.05) is 0 Å². The van der Waals surface area contributed by atoms with Crippen molar-refractivity contribution in [2.75, 3.05) is 0 Å². The van der Waals surface area contributed by atoms with Crippen LogP contribution in [0.25, 0.3) is 11.2 Å². The molecule has 0 aliphatic rings. The molecule has 1 unspecified atom stereocenters. The standard InChI is InChI=1S/C7H8N3OP/c1-5-4-9(11)6-2-3-10(12)7(6)8-5/h2-4H,12H2,1H3. The maximum atomic E-state index is 11.3. The maximum absolute atomic E-state index is 11.3. The van der Waals surface area contributed by atoms with Crippen LogP contribution in [-0.2, 0) is 0 Å². The first kappa shape index (κ1) is 7.50. The van der Waals surface area contributed by atoms with Gasteiger partial charge in [0.15, 0.2) is 0 Å². The van der Waals surface area contributed by atoms with Gasteiger partial charge in [0.05, 0.1) is 0 Å². The van der Waals surface area contributed by atoms with Crippen molar-refractivity contribution in [2.24, 2.45) is 0 Å². The van der Waals surface area contributed by atoms with Gasteiger partial charge in [-0.05, 0) is 16.3 Å². The van der Waals surface area contributed by atoms with Crippen molar-refractivity contribution in [1.82, 2.24) is 9.32 Å². The van der Waals surface area contributed by atoms with E-state index in [2.05, 4.69) is 14.4 Å². The Hall–Kier alpha value is -1.15. The third kappa shape index (κ3) is 0.959. The van der Waals surface area contributed by atoms with E-state index in [1.165, 1.54) is 6.20 Å². The van der Waals surface area contributed by atoms with Crippen LogP contribution < -0.4 is 4.73 Å². The minimum atomic E-state index is 0.593. The molecule has 4 nitrogen and oxygen atoms in total. The van der Waals surface area contributed by atoms with E-state index in [1.54, 1.807) is 23.5 Å². The smallest absolute Gasteiger partial charge is 0.261 e. The minimum Gasteiger partial charge on any atom is -0.618 e. The van der Waals surface area contributed by atoms with Gasteiger partial charge in [-0.1, -0.05) is 0 Å². The summed E-state index contributed by atoms with van der Waals surface area (Å²) in [6.07, 6.45) is 3.25. The van der Waals surface area contributed by atoms with Crippen LogP contribution in [0.3, 0.4) is 0 Å². The number of rotatable bonds is 0. The first-order valence-corrected chi connectivity index (χ1v) is 4.03. The van der Waals surface area contributed by atoms with E-state index in [4.69, 9.17) is 0 Å². The molecule has 0 aliphatic heterocycles. The predicted molar refractivity (Wildman–Crippen MR) is 48.5 cm³/mol. The van der Waals surface area contributed by atoms with E-state index in [0.717, 1.165) is 10.4 Å². The number of hydrogen-bond acceptors (Lipinski definition) is 2. The Balaban J connectivity index is 2.92. The number of fused-ring (bicyclic) bond motifs is 1. The van der Waals surface area contributed by atoms with E-state index in [9.17, 15) is 5.21 Å². The Kier molecular flexibility index (Phi) is 1.51. The molecule has 0 bridgehead atoms. The lowest BCUT2D eigenvalue weighted by molar-refractivity contribution is -0.577. The van der Waals surface area contributed by atoms with Gasteiger partial charge in [-0.15, -0.1) is 0 Å². The van der Waals surface area contributed by atoms with Crippen LogP contribution in [0.15, 0.2) is 18.5 Å². The molecule has 0 saturated carbocycles. The Morgan fingerprint density at radius 2 is 2.42 bits per heavy atom. The average molecular weight is 181 g/mol. The molecule has 12 heavy (non-hydrogen) atoms. The lowest BCUT2D eigenvalue weighted by Crippen LogP contribution is -2.27. The topological polar surface area (TPSA) is 44.8 Å². The number of aromatic nitrogens is 3. The van der Waals surface area contributed by atoms with Crippen LogP contribution in [0.5, 0.6) is 0 Å². The van der Waals surface area contributed by atoms with Gasteiger partial charge in [-0.2, -0.15) is 4.73 Å². The molecule has 1 atom stereocenters. The quantitative estimate of drug-likeness (QED) is 0.339. The molecule has 62 valence electrons. The molecule has 0 amide bonds. The summed E-state index contributed by atoms with van der Waals surface area (Å²) < 4.78 is 2.58. The van der Waals surface area contributed by atoms with Crippen LogP contribution >= 0.6 is 9.39 Å². The lowest BCUT2D eigenvalue weighted by atomic mass is 10.4. The lowest BCUT2D eigenvalue weighted by Gasteiger charge is -1.98. The van der Waals surface area contributed by atoms with Crippen LogP contribution in [0, 0.1) is 12.1 Å². The number of nitrogens with zero attached hydrogens (tertiary/aromatic N) is 3. The van der Waals surface area contributed by atoms with Crippen molar-refractivity contribution in [3.63, 3.8) is 0 Å². The summed E-state index contributed by atoms with van der Waals surface area (Å²) in [4.78, 5) is 4.22. The Morgan fingerprint density at radius 1 is 1.67 bits per heavy atom. The molecule has 2 aromatic heterocycles. The highest BCUT2D eigenvalue weighted by Crippen LogP contribution is 2.11. The van der Waals surface area contributed by atoms with Crippen molar-refractivity contribution in [3.05, 3.63) is 29.4 Å². The van der Waals surface area contributed by atoms with E-state index < -0.39 is 0 Å². The summed E-state index contributed by atoms with van der Waals surface area (Å²) in [5.41, 5.74) is 2.01. The zero-order valence-corrected chi connectivity index (χ0v) is 7.71. The van der Waals surface area contributed by atoms with Crippen molar-refractivity contribution >= 4 is 20.6 Å². The van der Waals surface area contributed by atoms with Gasteiger partial charge in [0, 0.05) is 12.3 Å². The second-order valence-corrected chi connectivity index (χ2v) is 3.20. The third-order valence-corrected chi connectivity index (χ3v) is 2.11. The average Bonchev–Trinajstić information content (AvgIpc) is 2.33. The summed E-state index contributed by atoms with van der Waals surface area (Å²) in [5, 5.41) is 11.3. The van der Waals surface area contributed by atoms with Gasteiger partial charge in [0.2, 0.25) is 11.8 Å². The van der Waals surface area contributed by atoms with Crippen molar-refractivity contribution in [2.45, 2.75) is 6.92 Å². The van der Waals surface area contributed by atoms with Crippen LogP contribution in [0.1, 0.15) is 5.69 Å². The largest absolute Gasteiger partial charge is 0.618 e. The van der Waals surface area contributed by atoms with E-state index in [0.29, 0.717) is 11.2 Å². The van der Waals surface area contributed by atoms with Gasteiger partial charge in [0.1, 0.15) is 5.69 Å². The molecule has 2 aromatic rings. The molecular formula is C7H8N3OP. The summed E-state index contributed by atoms with van der Waals surface area (Å²) >= 11 is 0. The second-order valence-electron chi connectivity index (χ2n) is 2.64. The van der Waals surface area contributed by atoms with E-state index in [-0.39, 0.29) is 0 Å². The zero-order valence-electron chi connectivity index (χ0n) is 6.56. The van der Waals surface area contributed by atoms with Crippen molar-refractivity contribution in [3.8, 4) is 0 Å². The normalized spacial score (nSPS) is 10.8. The molecule has 0 N–H and O–H groups in total. The number of aryl methyl sites for hydroxylation is 1. The van der Waals surface area contributed by atoms with Crippen LogP contribution in [0.4, 0.5) is 0 Å². The molecule has 0 saturated heterocycles. The van der Waals surface area contributed by atoms with Gasteiger partial charge >= 0.3 is 0 Å². The minimum absolute atomic E-state index is 0.593. The zero-order chi connectivity index (χ0) is 8.72. The molecular weight excluding hydrogens is 173 g/mol. The van der Waals surface area contributed by atoms with Crippen LogP contribution in [0.2, 0.25) is 0 Å². The first-order valence-electron chi connectivity index (χ1n) is 3.51. The van der Waals surface area contributed by atoms with E-state index >= 15 is 0 Å². The highest BCUT2D eigenvalue weighted by molar-refractivity contribution is 7.14. The molecule has 5 heteroatoms. The van der Waals surface area contributed by atoms with Crippen molar-refractivity contribution in [1.29, 1.82) is 0 Å². The Labute approximate surface area is 71.7 Å². The highest BCUT2D eigenvalue weighted by atomic mass is 31.0. The third-order valence-electron chi connectivity index (χ3n) is 1.69. The van der Waals surface area contributed by atoms with Gasteiger partial charge < -0.3 is 9.54 Å². The summed E-state index contributed by atoms with van der Waals surface area (Å²) in [5.74, 6) is 0. The predicted octanol–water partition coefficient (Wildman–Crippen LogP) is 0.616. The fraction of sp³-hybridized carbons (Fsp3) is 0.143. The molecule has 2 heterocycles. The highest BCUT2D eigenvalue weighted by Gasteiger charge is 2.08. The SMILES string of the molecule is Cc1c[n+]([O-])c2ccn(P)c2n1. The fourth-order valence-corrected chi connectivity index (χ4v) is 1.43. The monoisotopic (exact) mass is 181 g/mol. The van der Waals surface area contributed by atoms with Gasteiger partial charge in [-0.25, -0.2) is 4.98 Å². The van der Waals surface area contributed by atoms with Crippen LogP contribution in [-0.4, -0.2) is 9.32 Å². The molecule has 0 fully saturated rings. The summed E-state index contributed by atoms with van der Waals surface area (Å²) in [6.45, 7) is 1.80. The second kappa shape index (κ2) is 2.42. The summed E-state index contributed by atoms with van der Waals surface area (Å²) in [6, 6.07) is 1.74. The molecule has 0 aromatic carbocycles. The Morgan fingerprint density at radius 3 is 3.17 bits per heavy atom.